The maximum atomic E-state index is 11.6. The van der Waals surface area contributed by atoms with Crippen molar-refractivity contribution in [3.05, 3.63) is 52.1 Å². The van der Waals surface area contributed by atoms with Crippen LogP contribution in [0.5, 0.6) is 0 Å². The number of aliphatic hydroxyl groups excluding tert-OH is 1. The highest BCUT2D eigenvalue weighted by Gasteiger charge is 2.11. The van der Waals surface area contributed by atoms with Crippen LogP contribution in [0.3, 0.4) is 0 Å². The van der Waals surface area contributed by atoms with E-state index in [1.165, 1.54) is 27.8 Å². The molecule has 6 heteroatoms. The Kier molecular flexibility index (Phi) is 4.86. The summed E-state index contributed by atoms with van der Waals surface area (Å²) in [7, 11) is 2.96. The van der Waals surface area contributed by atoms with Crippen molar-refractivity contribution in [1.29, 1.82) is 0 Å². The molecule has 0 radical (unpaired) electrons. The molecule has 0 saturated heterocycles. The predicted octanol–water partition coefficient (Wildman–Crippen LogP) is 2.39. The highest BCUT2D eigenvalue weighted by molar-refractivity contribution is 8.79. The van der Waals surface area contributed by atoms with Crippen molar-refractivity contribution in [2.45, 2.75) is 0 Å². The maximum absolute atomic E-state index is 11.6. The summed E-state index contributed by atoms with van der Waals surface area (Å²) < 4.78 is 5.16. The number of ether oxygens (including phenoxy) is 1. The first kappa shape index (κ1) is 13.2. The van der Waals surface area contributed by atoms with E-state index in [0.29, 0.717) is 5.56 Å². The number of rotatable bonds is 4. The highest BCUT2D eigenvalue weighted by Crippen LogP contribution is 2.39. The summed E-state index contributed by atoms with van der Waals surface area (Å²) in [5.74, 6) is -0.383. The average molecular weight is 281 g/mol. The van der Waals surface area contributed by atoms with Gasteiger partial charge in [0.05, 0.1) is 12.2 Å². The fourth-order valence-corrected chi connectivity index (χ4v) is 3.10. The van der Waals surface area contributed by atoms with E-state index in [0.717, 1.165) is 9.81 Å². The molecule has 0 spiro atoms. The molecule has 1 N–H and O–H groups in total. The van der Waals surface area contributed by atoms with Gasteiger partial charge in [-0.25, -0.2) is 4.79 Å². The first-order valence-corrected chi connectivity index (χ1v) is 7.37. The summed E-state index contributed by atoms with van der Waals surface area (Å²) in [6.07, 6.45) is 6.76. The first-order valence-electron chi connectivity index (χ1n) is 5.22. The molecule has 0 atom stereocenters. The molecule has 4 nitrogen and oxygen atoms in total. The summed E-state index contributed by atoms with van der Waals surface area (Å²) >= 11 is 0. The number of pyridine rings is 1. The number of aliphatic hydroxyl groups is 1. The van der Waals surface area contributed by atoms with Gasteiger partial charge in [0.25, 0.3) is 0 Å². The molecule has 0 saturated carbocycles. The van der Waals surface area contributed by atoms with Gasteiger partial charge in [0.2, 0.25) is 0 Å². The van der Waals surface area contributed by atoms with E-state index in [-0.39, 0.29) is 19.2 Å². The van der Waals surface area contributed by atoms with E-state index in [2.05, 4.69) is 4.98 Å². The van der Waals surface area contributed by atoms with E-state index in [4.69, 9.17) is 9.84 Å². The number of aromatic nitrogens is 1. The zero-order valence-corrected chi connectivity index (χ0v) is 11.0. The second kappa shape index (κ2) is 6.63. The lowest BCUT2D eigenvalue weighted by atomic mass is 10.3. The number of hydrogen-bond donors (Lipinski definition) is 1. The quantitative estimate of drug-likeness (QED) is 0.675. The molecule has 1 aromatic heterocycles. The zero-order chi connectivity index (χ0) is 12.8. The van der Waals surface area contributed by atoms with Crippen LogP contribution in [0.2, 0.25) is 0 Å². The summed E-state index contributed by atoms with van der Waals surface area (Å²) in [6.45, 7) is 0.275. The molecule has 0 fully saturated rings. The Morgan fingerprint density at radius 3 is 2.72 bits per heavy atom. The van der Waals surface area contributed by atoms with E-state index < -0.39 is 0 Å². The molecule has 0 aliphatic carbocycles. The van der Waals surface area contributed by atoms with Gasteiger partial charge in [0.1, 0.15) is 6.61 Å². The number of allylic oxidation sites excluding steroid dienone is 2. The van der Waals surface area contributed by atoms with Gasteiger partial charge in [-0.1, -0.05) is 21.6 Å². The van der Waals surface area contributed by atoms with Crippen LogP contribution in [-0.2, 0) is 4.74 Å². The number of esters is 1. The van der Waals surface area contributed by atoms with Crippen LogP contribution in [0.15, 0.2) is 46.5 Å². The van der Waals surface area contributed by atoms with Gasteiger partial charge in [-0.3, -0.25) is 4.98 Å². The van der Waals surface area contributed by atoms with E-state index >= 15 is 0 Å². The van der Waals surface area contributed by atoms with E-state index in [9.17, 15) is 4.79 Å². The minimum Gasteiger partial charge on any atom is -0.457 e. The first-order chi connectivity index (χ1) is 8.79. The van der Waals surface area contributed by atoms with Gasteiger partial charge in [0, 0.05) is 22.2 Å². The standard InChI is InChI=1S/C12H11NO3S2/c14-7-10-3-4-11(18-17-10)8-16-12(15)9-2-1-5-13-6-9/h1-6,14H,7-8H2. The van der Waals surface area contributed by atoms with Crippen molar-refractivity contribution in [1.82, 2.24) is 4.98 Å². The number of carbonyl (C=O) groups is 1. The van der Waals surface area contributed by atoms with Crippen LogP contribution >= 0.6 is 21.6 Å². The number of nitrogens with zero attached hydrogens (tertiary/aromatic N) is 1. The smallest absolute Gasteiger partial charge is 0.340 e. The second-order valence-electron chi connectivity index (χ2n) is 3.41. The van der Waals surface area contributed by atoms with Gasteiger partial charge in [-0.2, -0.15) is 0 Å². The Hall–Kier alpha value is -1.24. The van der Waals surface area contributed by atoms with Crippen LogP contribution in [0.25, 0.3) is 0 Å². The van der Waals surface area contributed by atoms with Gasteiger partial charge in [0.15, 0.2) is 0 Å². The van der Waals surface area contributed by atoms with Gasteiger partial charge < -0.3 is 9.84 Å². The monoisotopic (exact) mass is 281 g/mol. The third-order valence-electron chi connectivity index (χ3n) is 2.11. The molecule has 0 unspecified atom stereocenters. The van der Waals surface area contributed by atoms with Crippen molar-refractivity contribution >= 4 is 27.6 Å². The summed E-state index contributed by atoms with van der Waals surface area (Å²) in [5, 5.41) is 8.92. The van der Waals surface area contributed by atoms with E-state index in [1.807, 2.05) is 12.2 Å². The molecule has 0 bridgehead atoms. The fraction of sp³-hybridized carbons (Fsp3) is 0.167. The molecule has 1 aliphatic heterocycles. The van der Waals surface area contributed by atoms with Gasteiger partial charge in [-0.05, 0) is 24.3 Å². The Labute approximate surface area is 113 Å². The van der Waals surface area contributed by atoms with Crippen molar-refractivity contribution in [3.63, 3.8) is 0 Å². The topological polar surface area (TPSA) is 59.4 Å². The maximum Gasteiger partial charge on any atom is 0.340 e. The molecular formula is C12H11NO3S2. The summed E-state index contributed by atoms with van der Waals surface area (Å²) in [4.78, 5) is 17.3. The van der Waals surface area contributed by atoms with Crippen molar-refractivity contribution in [2.24, 2.45) is 0 Å². The zero-order valence-electron chi connectivity index (χ0n) is 9.41. The molecule has 2 heterocycles. The number of carbonyl (C=O) groups excluding carboxylic acids is 1. The van der Waals surface area contributed by atoms with Crippen molar-refractivity contribution in [2.75, 3.05) is 13.2 Å². The fourth-order valence-electron chi connectivity index (χ4n) is 1.20. The lowest BCUT2D eigenvalue weighted by Crippen LogP contribution is -2.07. The third kappa shape index (κ3) is 3.63. The number of hydrogen-bond acceptors (Lipinski definition) is 6. The SMILES string of the molecule is O=C(OCC1=CC=C(CO)SS1)c1cccnc1. The molecule has 0 amide bonds. The van der Waals surface area contributed by atoms with Crippen molar-refractivity contribution < 1.29 is 14.6 Å². The largest absolute Gasteiger partial charge is 0.457 e. The van der Waals surface area contributed by atoms with Crippen LogP contribution in [0.4, 0.5) is 0 Å². The van der Waals surface area contributed by atoms with Gasteiger partial charge >= 0.3 is 5.97 Å². The van der Waals surface area contributed by atoms with Crippen LogP contribution in [0.1, 0.15) is 10.4 Å². The lowest BCUT2D eigenvalue weighted by molar-refractivity contribution is 0.0546. The molecular weight excluding hydrogens is 270 g/mol. The van der Waals surface area contributed by atoms with Gasteiger partial charge in [-0.15, -0.1) is 0 Å². The molecule has 2 rings (SSSR count). The molecule has 1 aromatic rings. The highest BCUT2D eigenvalue weighted by atomic mass is 33.1. The Bertz CT molecular complexity index is 485. The minimum atomic E-state index is -0.383. The predicted molar refractivity (Wildman–Crippen MR) is 73.0 cm³/mol. The Morgan fingerprint density at radius 1 is 1.33 bits per heavy atom. The third-order valence-corrected chi connectivity index (χ3v) is 4.67. The minimum absolute atomic E-state index is 0.0386. The van der Waals surface area contributed by atoms with Crippen LogP contribution in [0, 0.1) is 0 Å². The van der Waals surface area contributed by atoms with E-state index in [1.54, 1.807) is 18.3 Å². The van der Waals surface area contributed by atoms with Crippen LogP contribution < -0.4 is 0 Å². The molecule has 18 heavy (non-hydrogen) atoms. The second-order valence-corrected chi connectivity index (χ2v) is 5.79. The Balaban J connectivity index is 1.88. The Morgan fingerprint density at radius 2 is 2.11 bits per heavy atom. The summed E-state index contributed by atoms with van der Waals surface area (Å²) in [5.41, 5.74) is 0.443. The average Bonchev–Trinajstić information content (AvgIpc) is 2.46. The van der Waals surface area contributed by atoms with Crippen LogP contribution in [-0.4, -0.2) is 29.3 Å². The van der Waals surface area contributed by atoms with Crippen molar-refractivity contribution in [3.8, 4) is 0 Å². The molecule has 1 aliphatic rings. The normalized spacial score (nSPS) is 14.7. The lowest BCUT2D eigenvalue weighted by Gasteiger charge is -2.11. The molecule has 0 aromatic carbocycles. The molecule has 94 valence electrons. The summed E-state index contributed by atoms with van der Waals surface area (Å²) in [6, 6.07) is 3.35.